The average molecular weight is 572 g/mol. The molecule has 0 amide bonds. The van der Waals surface area contributed by atoms with Gasteiger partial charge in [-0.15, -0.1) is 0 Å². The molecule has 8 atom stereocenters. The van der Waals surface area contributed by atoms with Crippen LogP contribution in [0.2, 0.25) is 0 Å². The predicted molar refractivity (Wildman–Crippen MR) is 127 cm³/mol. The molecule has 8 N–H and O–H groups in total. The van der Waals surface area contributed by atoms with E-state index in [9.17, 15) is 34.5 Å². The van der Waals surface area contributed by atoms with Crippen molar-refractivity contribution in [3.63, 3.8) is 0 Å². The Balaban J connectivity index is 0.000000220. The van der Waals surface area contributed by atoms with Crippen LogP contribution in [-0.4, -0.2) is 111 Å². The van der Waals surface area contributed by atoms with Gasteiger partial charge in [0.05, 0.1) is 13.2 Å². The Morgan fingerprint density at radius 2 is 1.27 bits per heavy atom. The first-order valence-corrected chi connectivity index (χ1v) is 11.5. The highest BCUT2D eigenvalue weighted by molar-refractivity contribution is 5.66. The zero-order chi connectivity index (χ0) is 29.7. The third kappa shape index (κ3) is 6.73. The number of carbonyl (C=O) groups is 2. The van der Waals surface area contributed by atoms with Crippen molar-refractivity contribution in [2.75, 3.05) is 24.7 Å². The van der Waals surface area contributed by atoms with E-state index in [1.807, 2.05) is 0 Å². The first-order valence-electron chi connectivity index (χ1n) is 11.5. The number of aliphatic hydroxyl groups is 4. The molecule has 2 saturated heterocycles. The number of nitrogens with two attached hydrogens (primary N) is 2. The number of aliphatic hydroxyl groups excluding tert-OH is 4. The number of rotatable bonds is 6. The molecule has 0 aliphatic carbocycles. The molecule has 40 heavy (non-hydrogen) atoms. The number of aromatic nitrogens is 6. The molecule has 2 aromatic heterocycles. The van der Waals surface area contributed by atoms with Crippen LogP contribution in [0.4, 0.5) is 11.9 Å². The maximum absolute atomic E-state index is 11.7. The van der Waals surface area contributed by atoms with E-state index < -0.39 is 85.6 Å². The van der Waals surface area contributed by atoms with Crippen LogP contribution in [0.3, 0.4) is 0 Å². The number of hydrogen-bond donors (Lipinski definition) is 6. The summed E-state index contributed by atoms with van der Waals surface area (Å²) in [5.74, 6) is -1.73. The molecular formula is C20H28N8O12. The molecule has 0 spiro atoms. The van der Waals surface area contributed by atoms with Crippen molar-refractivity contribution in [2.45, 2.75) is 62.9 Å². The van der Waals surface area contributed by atoms with E-state index in [2.05, 4.69) is 19.9 Å². The summed E-state index contributed by atoms with van der Waals surface area (Å²) in [5.41, 5.74) is 8.98. The number of nitrogen functional groups attached to an aromatic ring is 2. The summed E-state index contributed by atoms with van der Waals surface area (Å²) in [7, 11) is 0. The Hall–Kier alpha value is -4.08. The largest absolute Gasteiger partial charge is 0.457 e. The standard InChI is InChI=1S/2C10H14N4O6/c1-4(16)19-7-5(2-15)20-8(6(7)17)14-3-12-9(11)13-10(14)18;1-4(16)19-7-6(17)5(2-15)20-8(7)14-3-12-9(11)13-10(14)18/h2*3,5-8,15,17H,2H2,1H3,(H2,11,13,18)/t2*5-,6-,7-,8-/m11/s1. The average Bonchev–Trinajstić information content (AvgIpc) is 3.35. The fourth-order valence-corrected chi connectivity index (χ4v) is 3.90. The van der Waals surface area contributed by atoms with Gasteiger partial charge in [-0.1, -0.05) is 0 Å². The predicted octanol–water partition coefficient (Wildman–Crippen LogP) is -5.19. The number of ether oxygens (including phenoxy) is 4. The maximum Gasteiger partial charge on any atom is 0.354 e. The van der Waals surface area contributed by atoms with Crippen LogP contribution in [-0.2, 0) is 28.5 Å². The van der Waals surface area contributed by atoms with Crippen LogP contribution in [0.15, 0.2) is 22.2 Å². The maximum atomic E-state index is 11.7. The molecule has 2 fully saturated rings. The smallest absolute Gasteiger partial charge is 0.354 e. The van der Waals surface area contributed by atoms with E-state index in [4.69, 9.17) is 35.5 Å². The minimum Gasteiger partial charge on any atom is -0.457 e. The number of esters is 2. The highest BCUT2D eigenvalue weighted by atomic mass is 16.6. The summed E-state index contributed by atoms with van der Waals surface area (Å²) < 4.78 is 22.3. The summed E-state index contributed by atoms with van der Waals surface area (Å²) in [6.45, 7) is 1.32. The molecule has 0 saturated carbocycles. The van der Waals surface area contributed by atoms with Crippen molar-refractivity contribution in [3.05, 3.63) is 33.6 Å². The minimum absolute atomic E-state index is 0.214. The molecule has 2 aliphatic rings. The molecule has 20 heteroatoms. The monoisotopic (exact) mass is 572 g/mol. The Kier molecular flexibility index (Phi) is 9.78. The third-order valence-corrected chi connectivity index (χ3v) is 5.63. The zero-order valence-electron chi connectivity index (χ0n) is 21.1. The van der Waals surface area contributed by atoms with Gasteiger partial charge < -0.3 is 50.8 Å². The fourth-order valence-electron chi connectivity index (χ4n) is 3.90. The fraction of sp³-hybridized carbons (Fsp3) is 0.600. The third-order valence-electron chi connectivity index (χ3n) is 5.63. The van der Waals surface area contributed by atoms with Gasteiger partial charge in [0.15, 0.2) is 24.7 Å². The lowest BCUT2D eigenvalue weighted by Gasteiger charge is -2.20. The van der Waals surface area contributed by atoms with E-state index in [0.29, 0.717) is 0 Å². The topological polar surface area (TPSA) is 300 Å². The number of anilines is 2. The first kappa shape index (κ1) is 30.5. The van der Waals surface area contributed by atoms with Gasteiger partial charge in [0.25, 0.3) is 0 Å². The van der Waals surface area contributed by atoms with Crippen LogP contribution in [0.25, 0.3) is 0 Å². The Bertz CT molecular complexity index is 1320. The van der Waals surface area contributed by atoms with Crippen LogP contribution in [0, 0.1) is 0 Å². The lowest BCUT2D eigenvalue weighted by Crippen LogP contribution is -2.39. The van der Waals surface area contributed by atoms with Crippen molar-refractivity contribution in [3.8, 4) is 0 Å². The second-order valence-corrected chi connectivity index (χ2v) is 8.43. The lowest BCUT2D eigenvalue weighted by molar-refractivity contribution is -0.156. The van der Waals surface area contributed by atoms with Gasteiger partial charge in [-0.05, 0) is 0 Å². The Labute approximate surface area is 223 Å². The van der Waals surface area contributed by atoms with Gasteiger partial charge in [-0.3, -0.25) is 18.7 Å². The van der Waals surface area contributed by atoms with Crippen LogP contribution in [0.5, 0.6) is 0 Å². The molecule has 0 bridgehead atoms. The number of carbonyl (C=O) groups excluding carboxylic acids is 2. The summed E-state index contributed by atoms with van der Waals surface area (Å²) in [5, 5.41) is 38.3. The van der Waals surface area contributed by atoms with E-state index in [1.165, 1.54) is 0 Å². The Morgan fingerprint density at radius 3 is 1.73 bits per heavy atom. The van der Waals surface area contributed by atoms with Crippen LogP contribution < -0.4 is 22.8 Å². The summed E-state index contributed by atoms with van der Waals surface area (Å²) in [6, 6.07) is 0. The van der Waals surface area contributed by atoms with Crippen molar-refractivity contribution in [1.29, 1.82) is 0 Å². The lowest BCUT2D eigenvalue weighted by atomic mass is 10.1. The van der Waals surface area contributed by atoms with Gasteiger partial charge >= 0.3 is 23.3 Å². The highest BCUT2D eigenvalue weighted by Crippen LogP contribution is 2.31. The molecule has 0 radical (unpaired) electrons. The van der Waals surface area contributed by atoms with Gasteiger partial charge in [0.2, 0.25) is 11.9 Å². The molecule has 20 nitrogen and oxygen atoms in total. The number of hydrogen-bond acceptors (Lipinski definition) is 18. The molecular weight excluding hydrogens is 544 g/mol. The molecule has 0 unspecified atom stereocenters. The van der Waals surface area contributed by atoms with Crippen molar-refractivity contribution >= 4 is 23.8 Å². The summed E-state index contributed by atoms with van der Waals surface area (Å²) in [4.78, 5) is 59.5. The minimum atomic E-state index is -1.35. The van der Waals surface area contributed by atoms with Gasteiger partial charge in [0.1, 0.15) is 37.1 Å². The van der Waals surface area contributed by atoms with Crippen molar-refractivity contribution < 1.29 is 49.0 Å². The van der Waals surface area contributed by atoms with E-state index in [1.54, 1.807) is 0 Å². The molecule has 4 rings (SSSR count). The summed E-state index contributed by atoms with van der Waals surface area (Å²) >= 11 is 0. The van der Waals surface area contributed by atoms with Crippen LogP contribution in [0.1, 0.15) is 26.3 Å². The molecule has 220 valence electrons. The second kappa shape index (κ2) is 12.8. The van der Waals surface area contributed by atoms with E-state index >= 15 is 0 Å². The molecule has 0 aromatic carbocycles. The zero-order valence-corrected chi connectivity index (χ0v) is 21.1. The van der Waals surface area contributed by atoms with Crippen LogP contribution >= 0.6 is 0 Å². The van der Waals surface area contributed by atoms with E-state index in [-0.39, 0.29) is 11.9 Å². The molecule has 2 aliphatic heterocycles. The molecule has 2 aromatic rings. The summed E-state index contributed by atoms with van der Waals surface area (Å²) in [6.07, 6.45) is -7.01. The normalized spacial score (nSPS) is 29.4. The number of nitrogens with zero attached hydrogens (tertiary/aromatic N) is 6. The quantitative estimate of drug-likeness (QED) is 0.176. The Morgan fingerprint density at radius 1 is 0.825 bits per heavy atom. The first-order chi connectivity index (χ1) is 18.9. The highest BCUT2D eigenvalue weighted by Gasteiger charge is 2.48. The SMILES string of the molecule is CC(=O)O[C@@H]1[C@H](O)[C@@H](CO)O[C@H]1n1cnc(N)nc1=O.CC(=O)O[C@H]1[C@@H](O)[C@H](n2cnc(N)nc2=O)O[C@@H]1CO. The van der Waals surface area contributed by atoms with Gasteiger partial charge in [-0.25, -0.2) is 19.6 Å². The van der Waals surface area contributed by atoms with E-state index in [0.717, 1.165) is 35.6 Å². The molecule has 4 heterocycles. The van der Waals surface area contributed by atoms with Crippen molar-refractivity contribution in [2.24, 2.45) is 0 Å². The van der Waals surface area contributed by atoms with Gasteiger partial charge in [0, 0.05) is 13.8 Å². The van der Waals surface area contributed by atoms with Crippen molar-refractivity contribution in [1.82, 2.24) is 29.1 Å². The van der Waals surface area contributed by atoms with Gasteiger partial charge in [-0.2, -0.15) is 9.97 Å². The second-order valence-electron chi connectivity index (χ2n) is 8.43.